The van der Waals surface area contributed by atoms with Gasteiger partial charge in [0.05, 0.1) is 47.4 Å². The summed E-state index contributed by atoms with van der Waals surface area (Å²) in [5.74, 6) is -1.31. The molecule has 46 heavy (non-hydrogen) atoms. The fourth-order valence-electron chi connectivity index (χ4n) is 5.56. The van der Waals surface area contributed by atoms with Crippen molar-refractivity contribution in [1.82, 2.24) is 19.1 Å². The molecule has 0 saturated heterocycles. The molecule has 0 unspecified atom stereocenters. The standard InChI is InChI=1S/C34H28N6O6/c1-45-33(43)23-9-5-3-7-21(23)31-37-25-17-19(29(35)41)11-13-27(25)39(31)15-16-40-28-14-12-20(30(36)42)18-26(28)38-32(40)22-8-4-6-10-24(22)34(44)46-2/h3-14,17-18H,15-16H2,1-2H3,(H2,35,41)(H2,36,42). The number of rotatable bonds is 9. The number of aryl methyl sites for hydroxylation is 2. The van der Waals surface area contributed by atoms with E-state index in [0.717, 1.165) is 0 Å². The number of hydrogen-bond donors (Lipinski definition) is 2. The Morgan fingerprint density at radius 1 is 0.609 bits per heavy atom. The van der Waals surface area contributed by atoms with Gasteiger partial charge in [0.25, 0.3) is 0 Å². The van der Waals surface area contributed by atoms with Gasteiger partial charge in [0.2, 0.25) is 11.8 Å². The van der Waals surface area contributed by atoms with Crippen molar-refractivity contribution < 1.29 is 28.7 Å². The molecule has 0 aliphatic carbocycles. The van der Waals surface area contributed by atoms with E-state index in [-0.39, 0.29) is 11.1 Å². The van der Waals surface area contributed by atoms with E-state index in [4.69, 9.17) is 30.9 Å². The number of amides is 2. The normalized spacial score (nSPS) is 11.1. The zero-order chi connectivity index (χ0) is 32.5. The molecule has 4 aromatic carbocycles. The number of ether oxygens (including phenoxy) is 2. The molecule has 0 aliphatic rings. The average Bonchev–Trinajstić information content (AvgIpc) is 3.63. The van der Waals surface area contributed by atoms with E-state index >= 15 is 0 Å². The second-order valence-electron chi connectivity index (χ2n) is 10.4. The predicted octanol–water partition coefficient (Wildman–Crippen LogP) is 4.19. The molecule has 0 atom stereocenters. The summed E-state index contributed by atoms with van der Waals surface area (Å²) in [6.07, 6.45) is 0. The van der Waals surface area contributed by atoms with Crippen LogP contribution in [0.4, 0.5) is 0 Å². The lowest BCUT2D eigenvalue weighted by Crippen LogP contribution is -2.13. The minimum atomic E-state index is -0.595. The number of methoxy groups -OCH3 is 2. The molecular formula is C34H28N6O6. The van der Waals surface area contributed by atoms with E-state index in [1.54, 1.807) is 84.9 Å². The van der Waals surface area contributed by atoms with E-state index in [0.29, 0.717) is 69.1 Å². The Hall–Kier alpha value is -6.30. The lowest BCUT2D eigenvalue weighted by molar-refractivity contribution is 0.0592. The van der Waals surface area contributed by atoms with E-state index in [9.17, 15) is 19.2 Å². The number of hydrogen-bond acceptors (Lipinski definition) is 8. The van der Waals surface area contributed by atoms with E-state index < -0.39 is 23.8 Å². The molecule has 6 rings (SSSR count). The number of esters is 2. The van der Waals surface area contributed by atoms with Gasteiger partial charge in [-0.05, 0) is 48.5 Å². The SMILES string of the molecule is COC(=O)c1ccccc1-c1nc2cc(C(N)=O)ccc2n1CCn1c(-c2ccccc2C(=O)OC)nc2cc(C(N)=O)ccc21. The molecule has 6 aromatic rings. The van der Waals surface area contributed by atoms with Crippen LogP contribution in [0.5, 0.6) is 0 Å². The summed E-state index contributed by atoms with van der Waals surface area (Å²) >= 11 is 0. The first-order valence-electron chi connectivity index (χ1n) is 14.2. The van der Waals surface area contributed by atoms with Crippen LogP contribution in [0.25, 0.3) is 44.8 Å². The van der Waals surface area contributed by atoms with Crippen molar-refractivity contribution in [2.75, 3.05) is 14.2 Å². The molecule has 12 nitrogen and oxygen atoms in total. The van der Waals surface area contributed by atoms with Crippen LogP contribution in [0.3, 0.4) is 0 Å². The summed E-state index contributed by atoms with van der Waals surface area (Å²) < 4.78 is 13.9. The van der Waals surface area contributed by atoms with Gasteiger partial charge in [-0.15, -0.1) is 0 Å². The number of carbonyl (C=O) groups is 4. The third kappa shape index (κ3) is 5.21. The number of primary amides is 2. The molecule has 230 valence electrons. The first-order chi connectivity index (χ1) is 22.2. The fourth-order valence-corrected chi connectivity index (χ4v) is 5.56. The van der Waals surface area contributed by atoms with Crippen molar-refractivity contribution in [2.45, 2.75) is 13.1 Å². The van der Waals surface area contributed by atoms with E-state index in [1.165, 1.54) is 14.2 Å². The Balaban J connectivity index is 1.55. The number of aromatic nitrogens is 4. The lowest BCUT2D eigenvalue weighted by Gasteiger charge is -2.15. The molecule has 12 heteroatoms. The predicted molar refractivity (Wildman–Crippen MR) is 170 cm³/mol. The van der Waals surface area contributed by atoms with Crippen molar-refractivity contribution in [3.63, 3.8) is 0 Å². The number of nitrogens with two attached hydrogens (primary N) is 2. The minimum absolute atomic E-state index is 0.289. The zero-order valence-electron chi connectivity index (χ0n) is 24.9. The van der Waals surface area contributed by atoms with Crippen LogP contribution in [0.15, 0.2) is 84.9 Å². The summed E-state index contributed by atoms with van der Waals surface area (Å²) in [6, 6.07) is 23.9. The van der Waals surface area contributed by atoms with Crippen LogP contribution < -0.4 is 11.5 Å². The first kappa shape index (κ1) is 29.8. The maximum atomic E-state index is 12.8. The highest BCUT2D eigenvalue weighted by atomic mass is 16.5. The van der Waals surface area contributed by atoms with Crippen molar-refractivity contribution in [2.24, 2.45) is 11.5 Å². The number of carbonyl (C=O) groups excluding carboxylic acids is 4. The number of imidazole rings is 2. The third-order valence-electron chi connectivity index (χ3n) is 7.76. The van der Waals surface area contributed by atoms with Gasteiger partial charge in [-0.25, -0.2) is 19.6 Å². The second-order valence-corrected chi connectivity index (χ2v) is 10.4. The molecule has 0 aliphatic heterocycles. The zero-order valence-corrected chi connectivity index (χ0v) is 24.9. The molecule has 0 radical (unpaired) electrons. The first-order valence-corrected chi connectivity index (χ1v) is 14.2. The smallest absolute Gasteiger partial charge is 0.338 e. The quantitative estimate of drug-likeness (QED) is 0.227. The Labute approximate surface area is 262 Å². The van der Waals surface area contributed by atoms with Crippen molar-refractivity contribution in [3.8, 4) is 22.8 Å². The summed E-state index contributed by atoms with van der Waals surface area (Å²) in [6.45, 7) is 0.626. The lowest BCUT2D eigenvalue weighted by atomic mass is 10.1. The van der Waals surface area contributed by atoms with Crippen molar-refractivity contribution in [1.29, 1.82) is 0 Å². The molecule has 2 aromatic heterocycles. The highest BCUT2D eigenvalue weighted by Crippen LogP contribution is 2.32. The van der Waals surface area contributed by atoms with Gasteiger partial charge in [-0.3, -0.25) is 9.59 Å². The molecule has 0 saturated carbocycles. The third-order valence-corrected chi connectivity index (χ3v) is 7.76. The molecule has 0 bridgehead atoms. The maximum Gasteiger partial charge on any atom is 0.338 e. The summed E-state index contributed by atoms with van der Waals surface area (Å²) in [4.78, 5) is 59.1. The molecule has 0 fully saturated rings. The van der Waals surface area contributed by atoms with Gasteiger partial charge in [-0.1, -0.05) is 36.4 Å². The number of nitrogens with zero attached hydrogens (tertiary/aromatic N) is 4. The van der Waals surface area contributed by atoms with Gasteiger partial charge in [0.1, 0.15) is 11.6 Å². The van der Waals surface area contributed by atoms with Gasteiger partial charge >= 0.3 is 11.9 Å². The maximum absolute atomic E-state index is 12.8. The Morgan fingerprint density at radius 3 is 1.37 bits per heavy atom. The van der Waals surface area contributed by atoms with Crippen LogP contribution in [0, 0.1) is 0 Å². The minimum Gasteiger partial charge on any atom is -0.465 e. The van der Waals surface area contributed by atoms with Crippen molar-refractivity contribution >= 4 is 45.8 Å². The largest absolute Gasteiger partial charge is 0.465 e. The average molecular weight is 617 g/mol. The van der Waals surface area contributed by atoms with Crippen molar-refractivity contribution in [3.05, 3.63) is 107 Å². The van der Waals surface area contributed by atoms with Gasteiger partial charge in [0.15, 0.2) is 0 Å². The molecule has 2 heterocycles. The van der Waals surface area contributed by atoms with E-state index in [2.05, 4.69) is 0 Å². The highest BCUT2D eigenvalue weighted by molar-refractivity contribution is 6.00. The Kier molecular flexibility index (Phi) is 7.76. The van der Waals surface area contributed by atoms with Crippen LogP contribution >= 0.6 is 0 Å². The van der Waals surface area contributed by atoms with Gasteiger partial charge in [0, 0.05) is 35.3 Å². The van der Waals surface area contributed by atoms with Crippen LogP contribution in [-0.4, -0.2) is 57.1 Å². The summed E-state index contributed by atoms with van der Waals surface area (Å²) in [7, 11) is 2.62. The molecular weight excluding hydrogens is 588 g/mol. The number of benzene rings is 4. The Bertz CT molecular complexity index is 2040. The highest BCUT2D eigenvalue weighted by Gasteiger charge is 2.23. The molecule has 2 amide bonds. The summed E-state index contributed by atoms with van der Waals surface area (Å²) in [5, 5.41) is 0. The molecule has 0 spiro atoms. The summed E-state index contributed by atoms with van der Waals surface area (Å²) in [5.41, 5.74) is 15.8. The van der Waals surface area contributed by atoms with Crippen LogP contribution in [-0.2, 0) is 22.6 Å². The molecule has 4 N–H and O–H groups in total. The Morgan fingerprint density at radius 2 is 1.00 bits per heavy atom. The number of fused-ring (bicyclic) bond motifs is 2. The topological polar surface area (TPSA) is 174 Å². The second kappa shape index (κ2) is 12.0. The van der Waals surface area contributed by atoms with Crippen LogP contribution in [0.1, 0.15) is 41.4 Å². The van der Waals surface area contributed by atoms with Gasteiger partial charge < -0.3 is 30.1 Å². The fraction of sp³-hybridized carbons (Fsp3) is 0.118. The van der Waals surface area contributed by atoms with E-state index in [1.807, 2.05) is 9.13 Å². The monoisotopic (exact) mass is 616 g/mol. The van der Waals surface area contributed by atoms with Crippen LogP contribution in [0.2, 0.25) is 0 Å². The van der Waals surface area contributed by atoms with Gasteiger partial charge in [-0.2, -0.15) is 0 Å².